The van der Waals surface area contributed by atoms with Crippen LogP contribution >= 0.6 is 0 Å². The van der Waals surface area contributed by atoms with E-state index in [1.807, 2.05) is 12.2 Å². The van der Waals surface area contributed by atoms with Crippen LogP contribution in [-0.4, -0.2) is 11.5 Å². The van der Waals surface area contributed by atoms with Crippen LogP contribution in [0.3, 0.4) is 0 Å². The van der Waals surface area contributed by atoms with Crippen LogP contribution in [-0.2, 0) is 4.79 Å². The van der Waals surface area contributed by atoms with Crippen molar-refractivity contribution in [1.29, 1.82) is 5.41 Å². The van der Waals surface area contributed by atoms with Gasteiger partial charge in [-0.25, -0.2) is 0 Å². The number of hydrogen-bond donors (Lipinski definition) is 1. The van der Waals surface area contributed by atoms with Crippen LogP contribution in [0.25, 0.3) is 0 Å². The summed E-state index contributed by atoms with van der Waals surface area (Å²) in [7, 11) is 0. The van der Waals surface area contributed by atoms with Gasteiger partial charge in [-0.1, -0.05) is 24.3 Å². The first-order valence-corrected chi connectivity index (χ1v) is 3.85. The minimum atomic E-state index is -0.0417. The molecular weight excluding hydrogens is 150 g/mol. The molecule has 0 aromatic heterocycles. The van der Waals surface area contributed by atoms with E-state index < -0.39 is 0 Å². The number of nitrogens with one attached hydrogen (secondary N) is 1. The van der Waals surface area contributed by atoms with Crippen molar-refractivity contribution >= 4 is 11.5 Å². The zero-order valence-electron chi connectivity index (χ0n) is 7.00. The van der Waals surface area contributed by atoms with Gasteiger partial charge in [0.25, 0.3) is 0 Å². The zero-order chi connectivity index (χ0) is 8.97. The second-order valence-electron chi connectivity index (χ2n) is 2.61. The van der Waals surface area contributed by atoms with E-state index in [4.69, 9.17) is 5.41 Å². The molecular formula is C10H11NO. The summed E-state index contributed by atoms with van der Waals surface area (Å²) >= 11 is 0. The van der Waals surface area contributed by atoms with Crippen LogP contribution in [0, 0.1) is 5.41 Å². The first-order chi connectivity index (χ1) is 5.72. The molecule has 0 aromatic carbocycles. The van der Waals surface area contributed by atoms with Gasteiger partial charge < -0.3 is 5.41 Å². The first kappa shape index (κ1) is 8.65. The molecule has 0 heterocycles. The third-order valence-corrected chi connectivity index (χ3v) is 1.64. The van der Waals surface area contributed by atoms with Crippen molar-refractivity contribution in [1.82, 2.24) is 0 Å². The summed E-state index contributed by atoms with van der Waals surface area (Å²) in [5, 5.41) is 7.50. The largest absolute Gasteiger partial charge is 0.300 e. The second kappa shape index (κ2) is 3.81. The van der Waals surface area contributed by atoms with Gasteiger partial charge in [-0.2, -0.15) is 0 Å². The lowest BCUT2D eigenvalue weighted by Gasteiger charge is -2.01. The Morgan fingerprint density at radius 3 is 2.92 bits per heavy atom. The van der Waals surface area contributed by atoms with Crippen LogP contribution in [0.15, 0.2) is 36.0 Å². The smallest absolute Gasteiger partial charge is 0.161 e. The fourth-order valence-electron chi connectivity index (χ4n) is 1.03. The van der Waals surface area contributed by atoms with Crippen LogP contribution in [0.4, 0.5) is 0 Å². The molecule has 1 aliphatic rings. The minimum Gasteiger partial charge on any atom is -0.300 e. The number of carbonyl (C=O) groups excluding carboxylic acids is 1. The van der Waals surface area contributed by atoms with Gasteiger partial charge >= 0.3 is 0 Å². The highest BCUT2D eigenvalue weighted by molar-refractivity contribution is 6.24. The summed E-state index contributed by atoms with van der Waals surface area (Å²) < 4.78 is 0. The number of allylic oxidation sites excluding steroid dienone is 6. The SMILES string of the molecule is CC(=O)C1=CC/C=C\C=C/C1=N. The van der Waals surface area contributed by atoms with Gasteiger partial charge in [0.1, 0.15) is 0 Å². The Morgan fingerprint density at radius 1 is 1.50 bits per heavy atom. The van der Waals surface area contributed by atoms with Gasteiger partial charge in [0.2, 0.25) is 0 Å². The maximum absolute atomic E-state index is 11.0. The van der Waals surface area contributed by atoms with Crippen molar-refractivity contribution in [3.05, 3.63) is 36.0 Å². The van der Waals surface area contributed by atoms with E-state index in [-0.39, 0.29) is 5.78 Å². The molecule has 12 heavy (non-hydrogen) atoms. The molecule has 1 aliphatic carbocycles. The molecule has 0 atom stereocenters. The van der Waals surface area contributed by atoms with Gasteiger partial charge in [0.15, 0.2) is 5.78 Å². The third kappa shape index (κ3) is 2.02. The second-order valence-corrected chi connectivity index (χ2v) is 2.61. The molecule has 0 fully saturated rings. The van der Waals surface area contributed by atoms with Gasteiger partial charge in [-0.15, -0.1) is 0 Å². The monoisotopic (exact) mass is 161 g/mol. The van der Waals surface area contributed by atoms with Gasteiger partial charge in [0, 0.05) is 5.57 Å². The van der Waals surface area contributed by atoms with E-state index in [1.54, 1.807) is 18.2 Å². The number of Topliss-reactive ketones (excluding diaryl/α,β-unsaturated/α-hetero) is 1. The average Bonchev–Trinajstić information content (AvgIpc) is 1.96. The van der Waals surface area contributed by atoms with E-state index >= 15 is 0 Å². The van der Waals surface area contributed by atoms with Crippen molar-refractivity contribution in [3.8, 4) is 0 Å². The van der Waals surface area contributed by atoms with Gasteiger partial charge in [-0.3, -0.25) is 4.79 Å². The molecule has 0 bridgehead atoms. The van der Waals surface area contributed by atoms with Crippen molar-refractivity contribution in [2.45, 2.75) is 13.3 Å². The molecule has 0 spiro atoms. The summed E-state index contributed by atoms with van der Waals surface area (Å²) in [4.78, 5) is 11.0. The van der Waals surface area contributed by atoms with E-state index in [9.17, 15) is 4.79 Å². The standard InChI is InChI=1S/C10H11NO/c1-8(12)9-6-4-2-3-5-7-10(9)11/h2-3,5-7,11H,4H2,1H3/b3-2-,7-5-,9-6?,11-10?. The Kier molecular flexibility index (Phi) is 2.75. The summed E-state index contributed by atoms with van der Waals surface area (Å²) in [6.45, 7) is 1.49. The highest BCUT2D eigenvalue weighted by atomic mass is 16.1. The van der Waals surface area contributed by atoms with Crippen molar-refractivity contribution in [3.63, 3.8) is 0 Å². The normalized spacial score (nSPS) is 22.1. The Balaban J connectivity index is 2.97. The van der Waals surface area contributed by atoms with E-state index in [0.29, 0.717) is 11.3 Å². The Bertz CT molecular complexity index is 295. The predicted octanol–water partition coefficient (Wildman–Crippen LogP) is 2.04. The fraction of sp³-hybridized carbons (Fsp3) is 0.200. The van der Waals surface area contributed by atoms with E-state index in [1.165, 1.54) is 6.92 Å². The summed E-state index contributed by atoms with van der Waals surface area (Å²) in [6.07, 6.45) is 9.74. The highest BCUT2D eigenvalue weighted by Crippen LogP contribution is 2.05. The van der Waals surface area contributed by atoms with Crippen LogP contribution in [0.2, 0.25) is 0 Å². The number of ketones is 1. The number of rotatable bonds is 1. The molecule has 0 aliphatic heterocycles. The molecule has 0 amide bonds. The maximum atomic E-state index is 11.0. The lowest BCUT2D eigenvalue weighted by atomic mass is 10.0. The molecule has 0 aromatic rings. The molecule has 2 heteroatoms. The molecule has 1 rings (SSSR count). The Labute approximate surface area is 71.8 Å². The molecule has 1 N–H and O–H groups in total. The topological polar surface area (TPSA) is 40.9 Å². The van der Waals surface area contributed by atoms with Crippen molar-refractivity contribution < 1.29 is 4.79 Å². The number of hydrogen-bond acceptors (Lipinski definition) is 2. The Hall–Kier alpha value is -1.44. The quantitative estimate of drug-likeness (QED) is 0.628. The lowest BCUT2D eigenvalue weighted by Crippen LogP contribution is -2.06. The third-order valence-electron chi connectivity index (χ3n) is 1.64. The molecule has 0 radical (unpaired) electrons. The van der Waals surface area contributed by atoms with Crippen LogP contribution < -0.4 is 0 Å². The average molecular weight is 161 g/mol. The first-order valence-electron chi connectivity index (χ1n) is 3.85. The predicted molar refractivity (Wildman–Crippen MR) is 49.4 cm³/mol. The van der Waals surface area contributed by atoms with Crippen molar-refractivity contribution in [2.24, 2.45) is 0 Å². The van der Waals surface area contributed by atoms with E-state index in [0.717, 1.165) is 6.42 Å². The highest BCUT2D eigenvalue weighted by Gasteiger charge is 2.06. The van der Waals surface area contributed by atoms with E-state index in [2.05, 4.69) is 0 Å². The summed E-state index contributed by atoms with van der Waals surface area (Å²) in [5.41, 5.74) is 0.808. The molecule has 0 saturated heterocycles. The fourth-order valence-corrected chi connectivity index (χ4v) is 1.03. The number of carbonyl (C=O) groups is 1. The molecule has 62 valence electrons. The Morgan fingerprint density at radius 2 is 2.25 bits per heavy atom. The molecule has 2 nitrogen and oxygen atoms in total. The van der Waals surface area contributed by atoms with Crippen LogP contribution in [0.1, 0.15) is 13.3 Å². The molecule has 0 unspecified atom stereocenters. The maximum Gasteiger partial charge on any atom is 0.161 e. The van der Waals surface area contributed by atoms with Crippen LogP contribution in [0.5, 0.6) is 0 Å². The van der Waals surface area contributed by atoms with Gasteiger partial charge in [-0.05, 0) is 19.4 Å². The minimum absolute atomic E-state index is 0.0417. The summed E-state index contributed by atoms with van der Waals surface area (Å²) in [6, 6.07) is 0. The lowest BCUT2D eigenvalue weighted by molar-refractivity contribution is -0.113. The van der Waals surface area contributed by atoms with Crippen molar-refractivity contribution in [2.75, 3.05) is 0 Å². The zero-order valence-corrected chi connectivity index (χ0v) is 7.00. The summed E-state index contributed by atoms with van der Waals surface area (Å²) in [5.74, 6) is -0.0417. The molecule has 0 saturated carbocycles. The van der Waals surface area contributed by atoms with Gasteiger partial charge in [0.05, 0.1) is 5.71 Å².